The molecule has 0 radical (unpaired) electrons. The van der Waals surface area contributed by atoms with Crippen molar-refractivity contribution in [3.05, 3.63) is 35.4 Å². The zero-order valence-electron chi connectivity index (χ0n) is 16.9. The summed E-state index contributed by atoms with van der Waals surface area (Å²) in [6, 6.07) is 7.80. The zero-order chi connectivity index (χ0) is 18.7. The van der Waals surface area contributed by atoms with Gasteiger partial charge in [0.15, 0.2) is 5.96 Å². The molecule has 1 N–H and O–H groups in total. The molecular weight excluding hydrogens is 439 g/mol. The van der Waals surface area contributed by atoms with E-state index in [9.17, 15) is 4.79 Å². The topological polar surface area (TPSA) is 47.9 Å². The first kappa shape index (κ1) is 24.7. The van der Waals surface area contributed by atoms with E-state index in [1.807, 2.05) is 43.0 Å². The normalized spacial score (nSPS) is 10.9. The average molecular weight is 474 g/mol. The van der Waals surface area contributed by atoms with Crippen LogP contribution in [0.15, 0.2) is 29.3 Å². The van der Waals surface area contributed by atoms with Gasteiger partial charge in [0.25, 0.3) is 5.91 Å². The second-order valence-corrected chi connectivity index (χ2v) is 6.12. The third-order valence-corrected chi connectivity index (χ3v) is 4.21. The first-order valence-corrected chi connectivity index (χ1v) is 9.44. The summed E-state index contributed by atoms with van der Waals surface area (Å²) in [5, 5.41) is 3.34. The van der Waals surface area contributed by atoms with Gasteiger partial charge in [-0.2, -0.15) is 0 Å². The number of rotatable bonds is 9. The molecule has 0 aliphatic heterocycles. The summed E-state index contributed by atoms with van der Waals surface area (Å²) in [5.41, 5.74) is 1.85. The molecule has 0 unspecified atom stereocenters. The van der Waals surface area contributed by atoms with Gasteiger partial charge >= 0.3 is 0 Å². The quantitative estimate of drug-likeness (QED) is 0.335. The van der Waals surface area contributed by atoms with Crippen LogP contribution in [0.2, 0.25) is 0 Å². The zero-order valence-corrected chi connectivity index (χ0v) is 19.2. The molecule has 0 saturated carbocycles. The fourth-order valence-electron chi connectivity index (χ4n) is 2.58. The van der Waals surface area contributed by atoms with Crippen LogP contribution >= 0.6 is 24.0 Å². The third kappa shape index (κ3) is 7.93. The number of guanidine groups is 1. The lowest BCUT2D eigenvalue weighted by molar-refractivity contribution is 0.0773. The van der Waals surface area contributed by atoms with E-state index < -0.39 is 0 Å². The molecule has 0 aliphatic rings. The molecule has 0 aromatic heterocycles. The highest BCUT2D eigenvalue weighted by Gasteiger charge is 2.12. The van der Waals surface area contributed by atoms with Crippen LogP contribution in [0.5, 0.6) is 0 Å². The van der Waals surface area contributed by atoms with Gasteiger partial charge in [0, 0.05) is 38.8 Å². The third-order valence-electron chi connectivity index (χ3n) is 4.21. The number of aliphatic imine (C=N–C) groups is 1. The van der Waals surface area contributed by atoms with Gasteiger partial charge in [-0.3, -0.25) is 4.79 Å². The number of nitrogens with one attached hydrogen (secondary N) is 1. The molecule has 1 rings (SSSR count). The SMILES string of the molecule is CCCCN(C)C(=NCc1ccc(C(=O)N(CC)CC)cc1)NCC.I. The van der Waals surface area contributed by atoms with E-state index in [4.69, 9.17) is 4.99 Å². The molecule has 26 heavy (non-hydrogen) atoms. The Labute approximate surface area is 176 Å². The maximum atomic E-state index is 12.3. The highest BCUT2D eigenvalue weighted by Crippen LogP contribution is 2.09. The van der Waals surface area contributed by atoms with Gasteiger partial charge in [0.1, 0.15) is 0 Å². The molecule has 0 atom stereocenters. The number of carbonyl (C=O) groups excluding carboxylic acids is 1. The standard InChI is InChI=1S/C20H34N4O.HI/c1-6-10-15-23(5)20(21-7-2)22-16-17-11-13-18(14-12-17)19(25)24(8-3)9-4;/h11-14H,6-10,15-16H2,1-5H3,(H,21,22);1H. The molecule has 0 spiro atoms. The van der Waals surface area contributed by atoms with Crippen molar-refractivity contribution in [2.45, 2.75) is 47.1 Å². The molecule has 0 aliphatic carbocycles. The van der Waals surface area contributed by atoms with Gasteiger partial charge in [-0.15, -0.1) is 24.0 Å². The fraction of sp³-hybridized carbons (Fsp3) is 0.600. The maximum absolute atomic E-state index is 12.3. The number of amides is 1. The summed E-state index contributed by atoms with van der Waals surface area (Å²) in [5.74, 6) is 1.02. The van der Waals surface area contributed by atoms with E-state index in [1.54, 1.807) is 0 Å². The summed E-state index contributed by atoms with van der Waals surface area (Å²) < 4.78 is 0. The number of carbonyl (C=O) groups is 1. The Morgan fingerprint density at radius 2 is 1.69 bits per heavy atom. The van der Waals surface area contributed by atoms with Crippen LogP contribution in [-0.2, 0) is 6.54 Å². The van der Waals surface area contributed by atoms with E-state index >= 15 is 0 Å². The van der Waals surface area contributed by atoms with Gasteiger partial charge < -0.3 is 15.1 Å². The number of hydrogen-bond acceptors (Lipinski definition) is 2. The Bertz CT molecular complexity index is 541. The smallest absolute Gasteiger partial charge is 0.253 e. The van der Waals surface area contributed by atoms with Crippen LogP contribution in [0.25, 0.3) is 0 Å². The highest BCUT2D eigenvalue weighted by molar-refractivity contribution is 14.0. The molecular formula is C20H35IN4O. The van der Waals surface area contributed by atoms with E-state index in [2.05, 4.69) is 31.1 Å². The highest BCUT2D eigenvalue weighted by atomic mass is 127. The molecule has 0 fully saturated rings. The Morgan fingerprint density at radius 1 is 1.08 bits per heavy atom. The second-order valence-electron chi connectivity index (χ2n) is 6.12. The molecule has 0 heterocycles. The summed E-state index contributed by atoms with van der Waals surface area (Å²) in [6.45, 7) is 12.2. The second kappa shape index (κ2) is 13.8. The molecule has 5 nitrogen and oxygen atoms in total. The first-order chi connectivity index (χ1) is 12.1. The summed E-state index contributed by atoms with van der Waals surface area (Å²) in [6.07, 6.45) is 2.33. The van der Waals surface area contributed by atoms with Crippen molar-refractivity contribution in [2.75, 3.05) is 33.2 Å². The van der Waals surface area contributed by atoms with Crippen LogP contribution < -0.4 is 5.32 Å². The molecule has 1 amide bonds. The number of nitrogens with zero attached hydrogens (tertiary/aromatic N) is 3. The number of halogens is 1. The van der Waals surface area contributed by atoms with Crippen LogP contribution in [0, 0.1) is 0 Å². The van der Waals surface area contributed by atoms with E-state index in [-0.39, 0.29) is 29.9 Å². The number of hydrogen-bond donors (Lipinski definition) is 1. The Kier molecular flexibility index (Phi) is 13.1. The van der Waals surface area contributed by atoms with Crippen LogP contribution in [0.1, 0.15) is 56.5 Å². The van der Waals surface area contributed by atoms with Crippen LogP contribution in [0.4, 0.5) is 0 Å². The average Bonchev–Trinajstić information content (AvgIpc) is 2.64. The predicted molar refractivity (Wildman–Crippen MR) is 121 cm³/mol. The van der Waals surface area contributed by atoms with Crippen LogP contribution in [0.3, 0.4) is 0 Å². The molecule has 148 valence electrons. The lowest BCUT2D eigenvalue weighted by Gasteiger charge is -2.21. The minimum atomic E-state index is 0. The molecule has 1 aromatic rings. The number of benzene rings is 1. The monoisotopic (exact) mass is 474 g/mol. The number of unbranched alkanes of at least 4 members (excludes halogenated alkanes) is 1. The van der Waals surface area contributed by atoms with E-state index in [0.717, 1.165) is 49.7 Å². The summed E-state index contributed by atoms with van der Waals surface area (Å²) in [4.78, 5) is 21.1. The predicted octanol–water partition coefficient (Wildman–Crippen LogP) is 3.98. The van der Waals surface area contributed by atoms with Crippen molar-refractivity contribution < 1.29 is 4.79 Å². The molecule has 0 bridgehead atoms. The van der Waals surface area contributed by atoms with Crippen molar-refractivity contribution in [1.82, 2.24) is 15.1 Å². The van der Waals surface area contributed by atoms with Crippen molar-refractivity contribution in [1.29, 1.82) is 0 Å². The Balaban J connectivity index is 0.00000625. The lowest BCUT2D eigenvalue weighted by Crippen LogP contribution is -2.39. The fourth-order valence-corrected chi connectivity index (χ4v) is 2.58. The minimum Gasteiger partial charge on any atom is -0.357 e. The molecule has 1 aromatic carbocycles. The minimum absolute atomic E-state index is 0. The van der Waals surface area contributed by atoms with Crippen molar-refractivity contribution in [3.8, 4) is 0 Å². The Morgan fingerprint density at radius 3 is 2.19 bits per heavy atom. The first-order valence-electron chi connectivity index (χ1n) is 9.44. The van der Waals surface area contributed by atoms with E-state index in [1.165, 1.54) is 6.42 Å². The lowest BCUT2D eigenvalue weighted by atomic mass is 10.1. The maximum Gasteiger partial charge on any atom is 0.253 e. The summed E-state index contributed by atoms with van der Waals surface area (Å²) >= 11 is 0. The van der Waals surface area contributed by atoms with Crippen molar-refractivity contribution in [2.24, 2.45) is 4.99 Å². The van der Waals surface area contributed by atoms with Crippen LogP contribution in [-0.4, -0.2) is 54.9 Å². The molecule has 6 heteroatoms. The van der Waals surface area contributed by atoms with Gasteiger partial charge in [0.05, 0.1) is 6.54 Å². The van der Waals surface area contributed by atoms with Gasteiger partial charge in [-0.05, 0) is 44.9 Å². The van der Waals surface area contributed by atoms with Gasteiger partial charge in [0.2, 0.25) is 0 Å². The Hall–Kier alpha value is -1.31. The van der Waals surface area contributed by atoms with Gasteiger partial charge in [-0.1, -0.05) is 25.5 Å². The summed E-state index contributed by atoms with van der Waals surface area (Å²) in [7, 11) is 2.07. The largest absolute Gasteiger partial charge is 0.357 e. The van der Waals surface area contributed by atoms with Gasteiger partial charge in [-0.25, -0.2) is 4.99 Å². The van der Waals surface area contributed by atoms with E-state index in [0.29, 0.717) is 6.54 Å². The van der Waals surface area contributed by atoms with Crippen molar-refractivity contribution in [3.63, 3.8) is 0 Å². The molecule has 0 saturated heterocycles. The van der Waals surface area contributed by atoms with Crippen molar-refractivity contribution >= 4 is 35.8 Å².